The second-order valence-electron chi connectivity index (χ2n) is 5.12. The van der Waals surface area contributed by atoms with E-state index in [4.69, 9.17) is 0 Å². The first-order valence-electron chi connectivity index (χ1n) is 6.70. The summed E-state index contributed by atoms with van der Waals surface area (Å²) in [5, 5.41) is 3.58. The van der Waals surface area contributed by atoms with Crippen molar-refractivity contribution in [1.29, 1.82) is 0 Å². The van der Waals surface area contributed by atoms with Gasteiger partial charge in [-0.1, -0.05) is 34.1 Å². The fraction of sp³-hybridized carbons (Fsp3) is 0.312. The zero-order valence-electron chi connectivity index (χ0n) is 10.7. The fourth-order valence-corrected chi connectivity index (χ4v) is 2.99. The van der Waals surface area contributed by atoms with Crippen molar-refractivity contribution < 1.29 is 0 Å². The summed E-state index contributed by atoms with van der Waals surface area (Å²) in [6, 6.07) is 15.4. The van der Waals surface area contributed by atoms with Crippen molar-refractivity contribution in [3.05, 3.63) is 64.4 Å². The van der Waals surface area contributed by atoms with Crippen LogP contribution in [0, 0.1) is 0 Å². The molecule has 1 aromatic carbocycles. The second-order valence-corrected chi connectivity index (χ2v) is 6.04. The molecule has 0 aliphatic heterocycles. The van der Waals surface area contributed by atoms with Gasteiger partial charge in [-0.2, -0.15) is 0 Å². The van der Waals surface area contributed by atoms with Gasteiger partial charge in [-0.05, 0) is 48.6 Å². The molecule has 1 saturated carbocycles. The highest BCUT2D eigenvalue weighted by Gasteiger charge is 2.29. The largest absolute Gasteiger partial charge is 0.308 e. The molecule has 2 nitrogen and oxygen atoms in total. The van der Waals surface area contributed by atoms with Crippen LogP contribution in [0.1, 0.15) is 30.0 Å². The number of pyridine rings is 1. The lowest BCUT2D eigenvalue weighted by Crippen LogP contribution is -2.39. The Hall–Kier alpha value is -1.19. The molecule has 1 fully saturated rings. The number of benzene rings is 1. The summed E-state index contributed by atoms with van der Waals surface area (Å²) in [7, 11) is 0. The second kappa shape index (κ2) is 5.85. The average molecular weight is 317 g/mol. The van der Waals surface area contributed by atoms with Gasteiger partial charge in [0.25, 0.3) is 0 Å². The number of aromatic nitrogens is 1. The van der Waals surface area contributed by atoms with Crippen molar-refractivity contribution in [2.75, 3.05) is 0 Å². The lowest BCUT2D eigenvalue weighted by molar-refractivity contribution is 0.288. The van der Waals surface area contributed by atoms with E-state index >= 15 is 0 Å². The standard InChI is InChI=1S/C16H17BrN2/c17-14-5-3-4-12(8-14)13-9-16(10-13)19-11-15-6-1-2-7-18-15/h1-8,13,16,19H,9-11H2. The molecule has 1 N–H and O–H groups in total. The average Bonchev–Trinajstić information content (AvgIpc) is 2.38. The Morgan fingerprint density at radius 3 is 2.79 bits per heavy atom. The van der Waals surface area contributed by atoms with E-state index in [1.165, 1.54) is 22.9 Å². The minimum Gasteiger partial charge on any atom is -0.308 e. The van der Waals surface area contributed by atoms with Crippen LogP contribution in [0.2, 0.25) is 0 Å². The summed E-state index contributed by atoms with van der Waals surface area (Å²) in [4.78, 5) is 4.33. The Balaban J connectivity index is 1.48. The molecule has 19 heavy (non-hydrogen) atoms. The van der Waals surface area contributed by atoms with Gasteiger partial charge in [-0.3, -0.25) is 4.98 Å². The molecular weight excluding hydrogens is 300 g/mol. The summed E-state index contributed by atoms with van der Waals surface area (Å²) < 4.78 is 1.18. The molecule has 0 atom stereocenters. The van der Waals surface area contributed by atoms with Gasteiger partial charge in [-0.25, -0.2) is 0 Å². The van der Waals surface area contributed by atoms with Gasteiger partial charge in [0.05, 0.1) is 5.69 Å². The number of hydrogen-bond acceptors (Lipinski definition) is 2. The Bertz CT molecular complexity index is 535. The first kappa shape index (κ1) is 12.8. The molecule has 3 rings (SSSR count). The van der Waals surface area contributed by atoms with Crippen molar-refractivity contribution >= 4 is 15.9 Å². The van der Waals surface area contributed by atoms with E-state index in [-0.39, 0.29) is 0 Å². The van der Waals surface area contributed by atoms with Gasteiger partial charge in [0.1, 0.15) is 0 Å². The van der Waals surface area contributed by atoms with Crippen molar-refractivity contribution in [1.82, 2.24) is 10.3 Å². The molecular formula is C16H17BrN2. The monoisotopic (exact) mass is 316 g/mol. The van der Waals surface area contributed by atoms with Crippen LogP contribution in [-0.4, -0.2) is 11.0 Å². The maximum Gasteiger partial charge on any atom is 0.0541 e. The summed E-state index contributed by atoms with van der Waals surface area (Å²) in [6.07, 6.45) is 4.30. The number of halogens is 1. The molecule has 1 aromatic heterocycles. The van der Waals surface area contributed by atoms with E-state index in [0.717, 1.165) is 12.2 Å². The molecule has 98 valence electrons. The Morgan fingerprint density at radius 2 is 2.05 bits per heavy atom. The van der Waals surface area contributed by atoms with E-state index in [0.29, 0.717) is 12.0 Å². The molecule has 0 saturated heterocycles. The van der Waals surface area contributed by atoms with Crippen LogP contribution in [-0.2, 0) is 6.54 Å². The molecule has 0 amide bonds. The first-order chi connectivity index (χ1) is 9.31. The van der Waals surface area contributed by atoms with Gasteiger partial charge in [0.2, 0.25) is 0 Å². The summed E-state index contributed by atoms with van der Waals surface area (Å²) in [5.41, 5.74) is 2.57. The predicted molar refractivity (Wildman–Crippen MR) is 81.0 cm³/mol. The van der Waals surface area contributed by atoms with E-state index in [1.54, 1.807) is 0 Å². The molecule has 2 aromatic rings. The normalized spacial score (nSPS) is 21.9. The Labute approximate surface area is 122 Å². The van der Waals surface area contributed by atoms with Crippen molar-refractivity contribution in [2.45, 2.75) is 31.3 Å². The van der Waals surface area contributed by atoms with E-state index in [2.05, 4.69) is 56.6 Å². The third-order valence-electron chi connectivity index (χ3n) is 3.76. The highest BCUT2D eigenvalue weighted by molar-refractivity contribution is 9.10. The van der Waals surface area contributed by atoms with Gasteiger partial charge in [0.15, 0.2) is 0 Å². The lowest BCUT2D eigenvalue weighted by atomic mass is 9.76. The van der Waals surface area contributed by atoms with Gasteiger partial charge in [0, 0.05) is 23.3 Å². The topological polar surface area (TPSA) is 24.9 Å². The first-order valence-corrected chi connectivity index (χ1v) is 7.49. The van der Waals surface area contributed by atoms with Crippen molar-refractivity contribution in [2.24, 2.45) is 0 Å². The van der Waals surface area contributed by atoms with Gasteiger partial charge >= 0.3 is 0 Å². The van der Waals surface area contributed by atoms with Crippen LogP contribution < -0.4 is 5.32 Å². The van der Waals surface area contributed by atoms with Crippen LogP contribution >= 0.6 is 15.9 Å². The summed E-state index contributed by atoms with van der Waals surface area (Å²) >= 11 is 3.54. The Morgan fingerprint density at radius 1 is 1.16 bits per heavy atom. The Kier molecular flexibility index (Phi) is 3.95. The van der Waals surface area contributed by atoms with Crippen LogP contribution in [0.4, 0.5) is 0 Å². The van der Waals surface area contributed by atoms with Gasteiger partial charge in [-0.15, -0.1) is 0 Å². The summed E-state index contributed by atoms with van der Waals surface area (Å²) in [5.74, 6) is 0.707. The molecule has 0 unspecified atom stereocenters. The molecule has 0 radical (unpaired) electrons. The lowest BCUT2D eigenvalue weighted by Gasteiger charge is -2.36. The van der Waals surface area contributed by atoms with E-state index in [9.17, 15) is 0 Å². The molecule has 1 aliphatic rings. The highest BCUT2D eigenvalue weighted by Crippen LogP contribution is 2.37. The number of rotatable bonds is 4. The molecule has 0 spiro atoms. The highest BCUT2D eigenvalue weighted by atomic mass is 79.9. The van der Waals surface area contributed by atoms with Crippen LogP contribution in [0.25, 0.3) is 0 Å². The maximum atomic E-state index is 4.33. The maximum absolute atomic E-state index is 4.33. The third-order valence-corrected chi connectivity index (χ3v) is 4.25. The smallest absolute Gasteiger partial charge is 0.0541 e. The van der Waals surface area contributed by atoms with Gasteiger partial charge < -0.3 is 5.32 Å². The molecule has 1 heterocycles. The van der Waals surface area contributed by atoms with E-state index < -0.39 is 0 Å². The van der Waals surface area contributed by atoms with Crippen LogP contribution in [0.15, 0.2) is 53.1 Å². The van der Waals surface area contributed by atoms with Crippen LogP contribution in [0.5, 0.6) is 0 Å². The quantitative estimate of drug-likeness (QED) is 0.926. The molecule has 3 heteroatoms. The third kappa shape index (κ3) is 3.23. The number of hydrogen-bond donors (Lipinski definition) is 1. The zero-order valence-corrected chi connectivity index (χ0v) is 12.3. The van der Waals surface area contributed by atoms with Crippen molar-refractivity contribution in [3.8, 4) is 0 Å². The van der Waals surface area contributed by atoms with Crippen molar-refractivity contribution in [3.63, 3.8) is 0 Å². The number of nitrogens with zero attached hydrogens (tertiary/aromatic N) is 1. The zero-order chi connectivity index (χ0) is 13.1. The number of nitrogens with one attached hydrogen (secondary N) is 1. The SMILES string of the molecule is Brc1cccc(C2CC(NCc3ccccn3)C2)c1. The fourth-order valence-electron chi connectivity index (χ4n) is 2.57. The molecule has 1 aliphatic carbocycles. The summed E-state index contributed by atoms with van der Waals surface area (Å²) in [6.45, 7) is 0.872. The van der Waals surface area contributed by atoms with Crippen LogP contribution in [0.3, 0.4) is 0 Å². The predicted octanol–water partition coefficient (Wildman–Crippen LogP) is 3.88. The minimum absolute atomic E-state index is 0.631. The minimum atomic E-state index is 0.631. The molecule has 0 bridgehead atoms. The van der Waals surface area contributed by atoms with E-state index in [1.807, 2.05) is 18.3 Å².